The maximum absolute atomic E-state index is 4.43. The number of rotatable bonds is 2. The van der Waals surface area contributed by atoms with Gasteiger partial charge in [0.15, 0.2) is 0 Å². The summed E-state index contributed by atoms with van der Waals surface area (Å²) in [6, 6.07) is 12.7. The number of fused-ring (bicyclic) bond motifs is 1. The Balaban J connectivity index is 1.56. The SMILES string of the molecule is Cc1ccnc2[nH]cc(N3CCN(c4ccccc4)CC3)c12. The molecular formula is C18H20N4. The number of hydrogen-bond donors (Lipinski definition) is 1. The number of aryl methyl sites for hydroxylation is 1. The van der Waals surface area contributed by atoms with Crippen molar-refractivity contribution in [2.45, 2.75) is 6.92 Å². The minimum Gasteiger partial charge on any atom is -0.368 e. The van der Waals surface area contributed by atoms with E-state index in [1.807, 2.05) is 6.20 Å². The molecule has 1 aliphatic heterocycles. The van der Waals surface area contributed by atoms with Crippen LogP contribution in [-0.2, 0) is 0 Å². The highest BCUT2D eigenvalue weighted by molar-refractivity contribution is 5.93. The van der Waals surface area contributed by atoms with Gasteiger partial charge in [0.1, 0.15) is 5.65 Å². The Morgan fingerprint density at radius 1 is 0.955 bits per heavy atom. The number of nitrogens with zero attached hydrogens (tertiary/aromatic N) is 3. The molecule has 112 valence electrons. The quantitative estimate of drug-likeness (QED) is 0.788. The monoisotopic (exact) mass is 292 g/mol. The van der Waals surface area contributed by atoms with Crippen LogP contribution in [0, 0.1) is 6.92 Å². The predicted octanol–water partition coefficient (Wildman–Crippen LogP) is 3.20. The van der Waals surface area contributed by atoms with Crippen LogP contribution in [0.4, 0.5) is 11.4 Å². The van der Waals surface area contributed by atoms with Gasteiger partial charge in [-0.1, -0.05) is 18.2 Å². The Morgan fingerprint density at radius 3 is 2.45 bits per heavy atom. The summed E-state index contributed by atoms with van der Waals surface area (Å²) in [6.45, 7) is 6.33. The fraction of sp³-hybridized carbons (Fsp3) is 0.278. The molecule has 4 rings (SSSR count). The molecule has 4 nitrogen and oxygen atoms in total. The zero-order valence-electron chi connectivity index (χ0n) is 12.8. The summed E-state index contributed by atoms with van der Waals surface area (Å²) < 4.78 is 0. The summed E-state index contributed by atoms with van der Waals surface area (Å²) in [5.74, 6) is 0. The molecule has 1 N–H and O–H groups in total. The minimum atomic E-state index is 0.987. The van der Waals surface area contributed by atoms with E-state index in [2.05, 4.69) is 69.3 Å². The number of para-hydroxylation sites is 1. The number of piperazine rings is 1. The molecule has 0 unspecified atom stereocenters. The second-order valence-electron chi connectivity index (χ2n) is 5.84. The van der Waals surface area contributed by atoms with Gasteiger partial charge in [-0.3, -0.25) is 0 Å². The molecule has 0 atom stereocenters. The lowest BCUT2D eigenvalue weighted by atomic mass is 10.1. The van der Waals surface area contributed by atoms with E-state index in [9.17, 15) is 0 Å². The third-order valence-corrected chi connectivity index (χ3v) is 4.50. The Kier molecular flexibility index (Phi) is 3.22. The third-order valence-electron chi connectivity index (χ3n) is 4.50. The normalized spacial score (nSPS) is 15.5. The van der Waals surface area contributed by atoms with E-state index in [4.69, 9.17) is 0 Å². The lowest BCUT2D eigenvalue weighted by Crippen LogP contribution is -2.46. The minimum absolute atomic E-state index is 0.987. The van der Waals surface area contributed by atoms with Crippen molar-refractivity contribution in [2.24, 2.45) is 0 Å². The molecular weight excluding hydrogens is 272 g/mol. The van der Waals surface area contributed by atoms with Crippen molar-refractivity contribution in [3.8, 4) is 0 Å². The van der Waals surface area contributed by atoms with Crippen LogP contribution < -0.4 is 9.80 Å². The first kappa shape index (κ1) is 13.2. The van der Waals surface area contributed by atoms with Crippen molar-refractivity contribution in [2.75, 3.05) is 36.0 Å². The molecule has 0 radical (unpaired) electrons. The molecule has 0 saturated carbocycles. The number of nitrogens with one attached hydrogen (secondary N) is 1. The lowest BCUT2D eigenvalue weighted by Gasteiger charge is -2.37. The van der Waals surface area contributed by atoms with E-state index in [0.29, 0.717) is 0 Å². The predicted molar refractivity (Wildman–Crippen MR) is 91.7 cm³/mol. The third kappa shape index (κ3) is 2.21. The van der Waals surface area contributed by atoms with Crippen LogP contribution in [0.2, 0.25) is 0 Å². The van der Waals surface area contributed by atoms with Crippen LogP contribution in [0.5, 0.6) is 0 Å². The van der Waals surface area contributed by atoms with Crippen molar-refractivity contribution in [3.05, 3.63) is 54.4 Å². The summed E-state index contributed by atoms with van der Waals surface area (Å²) in [6.07, 6.45) is 3.97. The van der Waals surface area contributed by atoms with Crippen LogP contribution in [0.1, 0.15) is 5.56 Å². The summed E-state index contributed by atoms with van der Waals surface area (Å²) in [4.78, 5) is 12.7. The van der Waals surface area contributed by atoms with E-state index < -0.39 is 0 Å². The first-order valence-electron chi connectivity index (χ1n) is 7.80. The van der Waals surface area contributed by atoms with Gasteiger partial charge in [0, 0.05) is 49.6 Å². The highest BCUT2D eigenvalue weighted by Gasteiger charge is 2.20. The molecule has 2 aromatic heterocycles. The first-order valence-corrected chi connectivity index (χ1v) is 7.80. The highest BCUT2D eigenvalue weighted by atomic mass is 15.3. The Labute approximate surface area is 130 Å². The number of benzene rings is 1. The van der Waals surface area contributed by atoms with Crippen LogP contribution in [0.15, 0.2) is 48.8 Å². The molecule has 1 aromatic carbocycles. The van der Waals surface area contributed by atoms with Crippen molar-refractivity contribution in [1.82, 2.24) is 9.97 Å². The molecule has 0 bridgehead atoms. The van der Waals surface area contributed by atoms with Crippen molar-refractivity contribution < 1.29 is 0 Å². The summed E-state index contributed by atoms with van der Waals surface area (Å²) in [5, 5.41) is 1.26. The van der Waals surface area contributed by atoms with E-state index in [1.165, 1.54) is 22.3 Å². The largest absolute Gasteiger partial charge is 0.368 e. The summed E-state index contributed by atoms with van der Waals surface area (Å²) in [7, 11) is 0. The molecule has 22 heavy (non-hydrogen) atoms. The number of aromatic nitrogens is 2. The molecule has 3 aromatic rings. The molecule has 0 aliphatic carbocycles. The van der Waals surface area contributed by atoms with Crippen molar-refractivity contribution in [3.63, 3.8) is 0 Å². The number of anilines is 2. The second-order valence-corrected chi connectivity index (χ2v) is 5.84. The molecule has 0 spiro atoms. The Bertz CT molecular complexity index is 770. The lowest BCUT2D eigenvalue weighted by molar-refractivity contribution is 0.655. The van der Waals surface area contributed by atoms with Crippen LogP contribution in [0.3, 0.4) is 0 Å². The number of H-pyrrole nitrogens is 1. The zero-order valence-corrected chi connectivity index (χ0v) is 12.8. The Hall–Kier alpha value is -2.49. The van der Waals surface area contributed by atoms with Gasteiger partial charge in [0.05, 0.1) is 5.69 Å². The van der Waals surface area contributed by atoms with Crippen LogP contribution >= 0.6 is 0 Å². The van der Waals surface area contributed by atoms with Gasteiger partial charge >= 0.3 is 0 Å². The van der Waals surface area contributed by atoms with Crippen LogP contribution in [-0.4, -0.2) is 36.1 Å². The summed E-state index contributed by atoms with van der Waals surface area (Å²) >= 11 is 0. The van der Waals surface area contributed by atoms with Gasteiger partial charge in [-0.05, 0) is 30.7 Å². The maximum Gasteiger partial charge on any atom is 0.139 e. The van der Waals surface area contributed by atoms with Gasteiger partial charge in [-0.25, -0.2) is 4.98 Å². The summed E-state index contributed by atoms with van der Waals surface area (Å²) in [5.41, 5.74) is 4.87. The standard InChI is InChI=1S/C18H20N4/c1-14-7-8-19-18-17(14)16(13-20-18)22-11-9-21(10-12-22)15-5-3-2-4-6-15/h2-8,13H,9-12H2,1H3,(H,19,20). The average molecular weight is 292 g/mol. The van der Waals surface area contributed by atoms with Gasteiger partial charge in [-0.2, -0.15) is 0 Å². The molecule has 1 fully saturated rings. The number of aromatic amines is 1. The number of hydrogen-bond acceptors (Lipinski definition) is 3. The smallest absolute Gasteiger partial charge is 0.139 e. The molecule has 1 aliphatic rings. The van der Waals surface area contributed by atoms with Gasteiger partial charge in [0.25, 0.3) is 0 Å². The van der Waals surface area contributed by atoms with Crippen molar-refractivity contribution >= 4 is 22.4 Å². The fourth-order valence-corrected chi connectivity index (χ4v) is 3.29. The maximum atomic E-state index is 4.43. The molecule has 0 amide bonds. The molecule has 4 heteroatoms. The van der Waals surface area contributed by atoms with E-state index >= 15 is 0 Å². The van der Waals surface area contributed by atoms with E-state index in [0.717, 1.165) is 31.8 Å². The van der Waals surface area contributed by atoms with Gasteiger partial charge in [0.2, 0.25) is 0 Å². The fourth-order valence-electron chi connectivity index (χ4n) is 3.29. The van der Waals surface area contributed by atoms with E-state index in [1.54, 1.807) is 0 Å². The van der Waals surface area contributed by atoms with Gasteiger partial charge < -0.3 is 14.8 Å². The molecule has 1 saturated heterocycles. The van der Waals surface area contributed by atoms with Crippen LogP contribution in [0.25, 0.3) is 11.0 Å². The zero-order chi connectivity index (χ0) is 14.9. The van der Waals surface area contributed by atoms with E-state index in [-0.39, 0.29) is 0 Å². The molecule has 3 heterocycles. The topological polar surface area (TPSA) is 35.2 Å². The number of pyridine rings is 1. The average Bonchev–Trinajstić information content (AvgIpc) is 3.01. The second kappa shape index (κ2) is 5.37. The first-order chi connectivity index (χ1) is 10.8. The highest BCUT2D eigenvalue weighted by Crippen LogP contribution is 2.29. The Morgan fingerprint density at radius 2 is 1.68 bits per heavy atom. The van der Waals surface area contributed by atoms with Crippen molar-refractivity contribution in [1.29, 1.82) is 0 Å². The van der Waals surface area contributed by atoms with Gasteiger partial charge in [-0.15, -0.1) is 0 Å².